The molecule has 84 valence electrons. The molecule has 0 aromatic heterocycles. The molecule has 2 N–H and O–H groups in total. The maximum Gasteiger partial charge on any atom is 0.0236 e. The Morgan fingerprint density at radius 3 is 2.40 bits per heavy atom. The highest BCUT2D eigenvalue weighted by Crippen LogP contribution is 2.08. The van der Waals surface area contributed by atoms with Crippen LogP contribution in [0.3, 0.4) is 0 Å². The zero-order chi connectivity index (χ0) is 11.1. The topological polar surface area (TPSA) is 29.3 Å². The second kappa shape index (κ2) is 6.59. The molecule has 0 radical (unpaired) electrons. The van der Waals surface area contributed by atoms with Crippen molar-refractivity contribution in [3.63, 3.8) is 0 Å². The molecular weight excluding hydrogens is 184 g/mol. The van der Waals surface area contributed by atoms with Gasteiger partial charge >= 0.3 is 0 Å². The van der Waals surface area contributed by atoms with Crippen LogP contribution in [0, 0.1) is 0 Å². The van der Waals surface area contributed by atoms with Crippen LogP contribution in [0.5, 0.6) is 0 Å². The number of benzene rings is 1. The highest BCUT2D eigenvalue weighted by molar-refractivity contribution is 5.14. The molecule has 15 heavy (non-hydrogen) atoms. The average molecular weight is 206 g/mol. The third-order valence-corrected chi connectivity index (χ3v) is 2.61. The summed E-state index contributed by atoms with van der Waals surface area (Å²) in [6.45, 7) is 7.36. The van der Waals surface area contributed by atoms with Gasteiger partial charge < -0.3 is 5.73 Å². The maximum atomic E-state index is 5.54. The Bertz CT molecular complexity index is 256. The summed E-state index contributed by atoms with van der Waals surface area (Å²) >= 11 is 0. The van der Waals surface area contributed by atoms with Crippen molar-refractivity contribution < 1.29 is 0 Å². The fraction of sp³-hybridized carbons (Fsp3) is 0.538. The first kappa shape index (κ1) is 12.2. The van der Waals surface area contributed by atoms with E-state index in [-0.39, 0.29) is 0 Å². The Labute approximate surface area is 93.1 Å². The molecule has 1 aromatic carbocycles. The number of rotatable bonds is 6. The standard InChI is InChI=1S/C13H22N2/c1-12(2)15(10-6-9-14)11-13-7-4-3-5-8-13/h3-5,7-8,12H,6,9-11,14H2,1-2H3. The second-order valence-corrected chi connectivity index (χ2v) is 4.19. The third kappa shape index (κ3) is 4.45. The van der Waals surface area contributed by atoms with Crippen molar-refractivity contribution in [2.75, 3.05) is 13.1 Å². The van der Waals surface area contributed by atoms with Gasteiger partial charge in [-0.1, -0.05) is 30.3 Å². The molecule has 2 nitrogen and oxygen atoms in total. The highest BCUT2D eigenvalue weighted by Gasteiger charge is 2.08. The van der Waals surface area contributed by atoms with Gasteiger partial charge in [0.1, 0.15) is 0 Å². The molecule has 0 saturated heterocycles. The molecule has 0 aliphatic carbocycles. The van der Waals surface area contributed by atoms with Gasteiger partial charge in [0.05, 0.1) is 0 Å². The number of hydrogen-bond acceptors (Lipinski definition) is 2. The van der Waals surface area contributed by atoms with Crippen molar-refractivity contribution in [3.05, 3.63) is 35.9 Å². The predicted molar refractivity (Wildman–Crippen MR) is 65.7 cm³/mol. The minimum Gasteiger partial charge on any atom is -0.330 e. The van der Waals surface area contributed by atoms with Gasteiger partial charge in [-0.2, -0.15) is 0 Å². The van der Waals surface area contributed by atoms with E-state index < -0.39 is 0 Å². The van der Waals surface area contributed by atoms with E-state index in [0.29, 0.717) is 6.04 Å². The van der Waals surface area contributed by atoms with Crippen LogP contribution in [0.15, 0.2) is 30.3 Å². The molecule has 0 saturated carbocycles. The largest absolute Gasteiger partial charge is 0.330 e. The predicted octanol–water partition coefficient (Wildman–Crippen LogP) is 2.25. The lowest BCUT2D eigenvalue weighted by Crippen LogP contribution is -2.32. The zero-order valence-electron chi connectivity index (χ0n) is 9.82. The Balaban J connectivity index is 2.51. The second-order valence-electron chi connectivity index (χ2n) is 4.19. The fourth-order valence-electron chi connectivity index (χ4n) is 1.63. The van der Waals surface area contributed by atoms with Gasteiger partial charge in [-0.05, 0) is 38.9 Å². The van der Waals surface area contributed by atoms with E-state index in [1.807, 2.05) is 0 Å². The summed E-state index contributed by atoms with van der Waals surface area (Å²) in [5, 5.41) is 0. The quantitative estimate of drug-likeness (QED) is 0.773. The molecule has 0 bridgehead atoms. The molecule has 0 spiro atoms. The van der Waals surface area contributed by atoms with E-state index in [1.165, 1.54) is 5.56 Å². The molecule has 0 aliphatic heterocycles. The summed E-state index contributed by atoms with van der Waals surface area (Å²) in [6, 6.07) is 11.2. The first-order valence-corrected chi connectivity index (χ1v) is 5.72. The highest BCUT2D eigenvalue weighted by atomic mass is 15.1. The average Bonchev–Trinajstić information content (AvgIpc) is 2.25. The van der Waals surface area contributed by atoms with E-state index in [1.54, 1.807) is 0 Å². The fourth-order valence-corrected chi connectivity index (χ4v) is 1.63. The molecule has 2 heteroatoms. The van der Waals surface area contributed by atoms with E-state index in [0.717, 1.165) is 26.1 Å². The molecule has 0 heterocycles. The Kier molecular flexibility index (Phi) is 5.37. The molecule has 1 aromatic rings. The van der Waals surface area contributed by atoms with E-state index in [9.17, 15) is 0 Å². The maximum absolute atomic E-state index is 5.54. The smallest absolute Gasteiger partial charge is 0.0236 e. The van der Waals surface area contributed by atoms with Gasteiger partial charge in [-0.3, -0.25) is 4.90 Å². The minimum absolute atomic E-state index is 0.580. The molecule has 0 atom stereocenters. The lowest BCUT2D eigenvalue weighted by atomic mass is 10.2. The summed E-state index contributed by atoms with van der Waals surface area (Å²) in [6.07, 6.45) is 1.07. The van der Waals surface area contributed by atoms with Crippen molar-refractivity contribution in [3.8, 4) is 0 Å². The summed E-state index contributed by atoms with van der Waals surface area (Å²) < 4.78 is 0. The van der Waals surface area contributed by atoms with Crippen LogP contribution >= 0.6 is 0 Å². The summed E-state index contributed by atoms with van der Waals surface area (Å²) in [5.41, 5.74) is 6.92. The minimum atomic E-state index is 0.580. The van der Waals surface area contributed by atoms with Crippen molar-refractivity contribution >= 4 is 0 Å². The molecule has 0 fully saturated rings. The van der Waals surface area contributed by atoms with Crippen LogP contribution in [-0.2, 0) is 6.54 Å². The van der Waals surface area contributed by atoms with Crippen LogP contribution in [0.4, 0.5) is 0 Å². The van der Waals surface area contributed by atoms with Crippen molar-refractivity contribution in [2.45, 2.75) is 32.9 Å². The lowest BCUT2D eigenvalue weighted by molar-refractivity contribution is 0.211. The van der Waals surface area contributed by atoms with Crippen LogP contribution in [-0.4, -0.2) is 24.0 Å². The van der Waals surface area contributed by atoms with Gasteiger partial charge in [0, 0.05) is 12.6 Å². The monoisotopic (exact) mass is 206 g/mol. The first-order chi connectivity index (χ1) is 7.24. The van der Waals surface area contributed by atoms with E-state index >= 15 is 0 Å². The zero-order valence-corrected chi connectivity index (χ0v) is 9.82. The van der Waals surface area contributed by atoms with Crippen molar-refractivity contribution in [1.82, 2.24) is 4.90 Å². The van der Waals surface area contributed by atoms with Crippen molar-refractivity contribution in [2.24, 2.45) is 5.73 Å². The summed E-state index contributed by atoms with van der Waals surface area (Å²) in [7, 11) is 0. The van der Waals surface area contributed by atoms with Gasteiger partial charge in [-0.25, -0.2) is 0 Å². The first-order valence-electron chi connectivity index (χ1n) is 5.72. The molecular formula is C13H22N2. The molecule has 0 amide bonds. The number of nitrogens with two attached hydrogens (primary N) is 1. The number of hydrogen-bond donors (Lipinski definition) is 1. The van der Waals surface area contributed by atoms with Gasteiger partial charge in [0.2, 0.25) is 0 Å². The number of nitrogens with zero attached hydrogens (tertiary/aromatic N) is 1. The summed E-state index contributed by atoms with van der Waals surface area (Å²) in [5.74, 6) is 0. The Morgan fingerprint density at radius 2 is 1.87 bits per heavy atom. The SMILES string of the molecule is CC(C)N(CCCN)Cc1ccccc1. The molecule has 1 rings (SSSR count). The van der Waals surface area contributed by atoms with Crippen LogP contribution in [0.2, 0.25) is 0 Å². The van der Waals surface area contributed by atoms with Gasteiger partial charge in [-0.15, -0.1) is 0 Å². The third-order valence-electron chi connectivity index (χ3n) is 2.61. The molecule has 0 unspecified atom stereocenters. The van der Waals surface area contributed by atoms with E-state index in [2.05, 4.69) is 49.1 Å². The van der Waals surface area contributed by atoms with Crippen molar-refractivity contribution in [1.29, 1.82) is 0 Å². The van der Waals surface area contributed by atoms with Gasteiger partial charge in [0.25, 0.3) is 0 Å². The van der Waals surface area contributed by atoms with Gasteiger partial charge in [0.15, 0.2) is 0 Å². The lowest BCUT2D eigenvalue weighted by Gasteiger charge is -2.26. The molecule has 0 aliphatic rings. The van der Waals surface area contributed by atoms with Crippen LogP contribution < -0.4 is 5.73 Å². The summed E-state index contributed by atoms with van der Waals surface area (Å²) in [4.78, 5) is 2.46. The van der Waals surface area contributed by atoms with Crippen LogP contribution in [0.1, 0.15) is 25.8 Å². The normalized spacial score (nSPS) is 11.3. The Morgan fingerprint density at radius 1 is 1.20 bits per heavy atom. The Hall–Kier alpha value is -0.860. The van der Waals surface area contributed by atoms with Crippen LogP contribution in [0.25, 0.3) is 0 Å². The van der Waals surface area contributed by atoms with E-state index in [4.69, 9.17) is 5.73 Å².